The van der Waals surface area contributed by atoms with Gasteiger partial charge in [-0.15, -0.1) is 0 Å². The number of hydrogen-bond donors (Lipinski definition) is 3. The lowest BCUT2D eigenvalue weighted by atomic mass is 9.66. The molecule has 1 heterocycles. The van der Waals surface area contributed by atoms with Gasteiger partial charge < -0.3 is 21.1 Å². The number of nitrogens with one attached hydrogen (secondary N) is 1. The van der Waals surface area contributed by atoms with Gasteiger partial charge in [0, 0.05) is 35.5 Å². The molecule has 1 aromatic rings. The van der Waals surface area contributed by atoms with Crippen molar-refractivity contribution in [2.45, 2.75) is 71.1 Å². The third-order valence-corrected chi connectivity index (χ3v) is 7.41. The van der Waals surface area contributed by atoms with Crippen LogP contribution in [0, 0.1) is 17.3 Å². The average Bonchev–Trinajstić information content (AvgIpc) is 3.14. The maximum atomic E-state index is 13.4. The van der Waals surface area contributed by atoms with Gasteiger partial charge in [0.1, 0.15) is 6.04 Å². The van der Waals surface area contributed by atoms with E-state index in [1.807, 2.05) is 39.8 Å². The average molecular weight is 450 g/mol. The number of carbonyl (C=O) groups excluding carboxylic acids is 2. The minimum atomic E-state index is -1.06. The molecule has 0 radical (unpaired) electrons. The molecule has 7 heteroatoms. The minimum absolute atomic E-state index is 0.0354. The van der Waals surface area contributed by atoms with E-state index in [0.717, 1.165) is 18.4 Å². The Hall–Kier alpha value is -1.63. The summed E-state index contributed by atoms with van der Waals surface area (Å²) in [6.45, 7) is 8.67. The molecule has 172 valence electrons. The second kappa shape index (κ2) is 9.08. The Bertz CT molecular complexity index is 811. The van der Waals surface area contributed by atoms with Crippen LogP contribution in [0.2, 0.25) is 5.02 Å². The largest absolute Gasteiger partial charge is 0.384 e. The molecular weight excluding hydrogens is 414 g/mol. The first-order valence-corrected chi connectivity index (χ1v) is 11.7. The predicted molar refractivity (Wildman–Crippen MR) is 122 cm³/mol. The molecule has 1 saturated carbocycles. The highest BCUT2D eigenvalue weighted by molar-refractivity contribution is 6.30. The van der Waals surface area contributed by atoms with Crippen molar-refractivity contribution in [2.75, 3.05) is 13.1 Å². The van der Waals surface area contributed by atoms with Gasteiger partial charge >= 0.3 is 0 Å². The van der Waals surface area contributed by atoms with Crippen LogP contribution in [0.4, 0.5) is 0 Å². The molecule has 2 aliphatic rings. The molecule has 1 aromatic carbocycles. The number of rotatable bonds is 5. The monoisotopic (exact) mass is 449 g/mol. The van der Waals surface area contributed by atoms with Gasteiger partial charge in [0.15, 0.2) is 0 Å². The topological polar surface area (TPSA) is 95.7 Å². The van der Waals surface area contributed by atoms with Gasteiger partial charge in [0.05, 0.1) is 5.60 Å². The number of nitrogens with two attached hydrogens (primary N) is 1. The van der Waals surface area contributed by atoms with Crippen molar-refractivity contribution >= 4 is 23.4 Å². The quantitative estimate of drug-likeness (QED) is 0.643. The normalized spacial score (nSPS) is 29.1. The second-order valence-corrected chi connectivity index (χ2v) is 10.7. The van der Waals surface area contributed by atoms with Crippen LogP contribution >= 0.6 is 11.6 Å². The molecule has 0 spiro atoms. The van der Waals surface area contributed by atoms with E-state index in [9.17, 15) is 14.7 Å². The maximum absolute atomic E-state index is 13.4. The van der Waals surface area contributed by atoms with E-state index < -0.39 is 17.1 Å². The third-order valence-electron chi connectivity index (χ3n) is 7.16. The van der Waals surface area contributed by atoms with Crippen LogP contribution in [0.3, 0.4) is 0 Å². The predicted octanol–water partition coefficient (Wildman–Crippen LogP) is 3.05. The van der Waals surface area contributed by atoms with E-state index in [4.69, 9.17) is 17.3 Å². The molecule has 0 aromatic heterocycles. The minimum Gasteiger partial charge on any atom is -0.384 e. The number of likely N-dealkylation sites (tertiary alicyclic amines) is 1. The van der Waals surface area contributed by atoms with Crippen LogP contribution in [0.25, 0.3) is 0 Å². The van der Waals surface area contributed by atoms with Crippen molar-refractivity contribution in [1.29, 1.82) is 0 Å². The lowest BCUT2D eigenvalue weighted by Crippen LogP contribution is -2.60. The first-order chi connectivity index (χ1) is 14.4. The SMILES string of the molecule is CC(C)[C@@H](NC(=O)[C@H]1CC[C@@H](N)C1)C(=O)N1CC[C@](O)(c2ccc(Cl)cc2)C(C)(C)C1. The van der Waals surface area contributed by atoms with E-state index in [-0.39, 0.29) is 29.7 Å². The van der Waals surface area contributed by atoms with Gasteiger partial charge in [-0.2, -0.15) is 0 Å². The lowest BCUT2D eigenvalue weighted by Gasteiger charge is -2.51. The fourth-order valence-electron chi connectivity index (χ4n) is 5.01. The Morgan fingerprint density at radius 3 is 2.39 bits per heavy atom. The summed E-state index contributed by atoms with van der Waals surface area (Å²) in [7, 11) is 0. The third kappa shape index (κ3) is 4.91. The van der Waals surface area contributed by atoms with Gasteiger partial charge in [-0.05, 0) is 49.3 Å². The van der Waals surface area contributed by atoms with Crippen molar-refractivity contribution in [3.8, 4) is 0 Å². The zero-order valence-electron chi connectivity index (χ0n) is 19.0. The second-order valence-electron chi connectivity index (χ2n) is 10.3. The van der Waals surface area contributed by atoms with Crippen LogP contribution in [-0.2, 0) is 15.2 Å². The van der Waals surface area contributed by atoms with E-state index >= 15 is 0 Å². The molecule has 4 atom stereocenters. The summed E-state index contributed by atoms with van der Waals surface area (Å²) in [5.74, 6) is -0.311. The fourth-order valence-corrected chi connectivity index (χ4v) is 5.13. The summed E-state index contributed by atoms with van der Waals surface area (Å²) >= 11 is 6.02. The highest BCUT2D eigenvalue weighted by Gasteiger charge is 2.50. The molecule has 3 rings (SSSR count). The molecule has 0 unspecified atom stereocenters. The molecule has 0 bridgehead atoms. The van der Waals surface area contributed by atoms with Crippen LogP contribution in [0.5, 0.6) is 0 Å². The van der Waals surface area contributed by atoms with Crippen LogP contribution in [0.1, 0.15) is 58.9 Å². The first kappa shape index (κ1) is 24.0. The highest BCUT2D eigenvalue weighted by Crippen LogP contribution is 2.46. The first-order valence-electron chi connectivity index (χ1n) is 11.3. The van der Waals surface area contributed by atoms with Crippen LogP contribution in [0.15, 0.2) is 24.3 Å². The molecule has 1 aliphatic heterocycles. The summed E-state index contributed by atoms with van der Waals surface area (Å²) in [6.07, 6.45) is 2.72. The Kier molecular flexibility index (Phi) is 7.04. The van der Waals surface area contributed by atoms with E-state index in [2.05, 4.69) is 5.32 Å². The summed E-state index contributed by atoms with van der Waals surface area (Å²) in [5, 5.41) is 15.2. The molecule has 4 N–H and O–H groups in total. The van der Waals surface area contributed by atoms with E-state index in [0.29, 0.717) is 31.0 Å². The lowest BCUT2D eigenvalue weighted by molar-refractivity contribution is -0.157. The van der Waals surface area contributed by atoms with E-state index in [1.165, 1.54) is 0 Å². The molecular formula is C24H36ClN3O3. The van der Waals surface area contributed by atoms with Gasteiger partial charge in [-0.3, -0.25) is 9.59 Å². The maximum Gasteiger partial charge on any atom is 0.245 e. The Balaban J connectivity index is 1.72. The molecule has 1 saturated heterocycles. The van der Waals surface area contributed by atoms with Gasteiger partial charge in [0.2, 0.25) is 11.8 Å². The van der Waals surface area contributed by atoms with Gasteiger partial charge in [-0.1, -0.05) is 51.4 Å². The summed E-state index contributed by atoms with van der Waals surface area (Å²) in [4.78, 5) is 28.0. The number of aliphatic hydroxyl groups is 1. The molecule has 31 heavy (non-hydrogen) atoms. The summed E-state index contributed by atoms with van der Waals surface area (Å²) in [5.41, 5.74) is 5.13. The molecule has 1 aliphatic carbocycles. The smallest absolute Gasteiger partial charge is 0.245 e. The standard InChI is InChI=1S/C24H36ClN3O3/c1-15(2)20(27-21(29)16-5-10-19(26)13-16)22(30)28-12-11-24(31,23(3,4)14-28)17-6-8-18(25)9-7-17/h6-9,15-16,19-20,31H,5,10-14,26H2,1-4H3,(H,27,29)/t16-,19+,20+,24-/m0/s1. The van der Waals surface area contributed by atoms with Crippen LogP contribution < -0.4 is 11.1 Å². The Morgan fingerprint density at radius 2 is 1.87 bits per heavy atom. The van der Waals surface area contributed by atoms with Crippen molar-refractivity contribution in [3.05, 3.63) is 34.9 Å². The van der Waals surface area contributed by atoms with Crippen molar-refractivity contribution in [3.63, 3.8) is 0 Å². The number of halogens is 1. The number of hydrogen-bond acceptors (Lipinski definition) is 4. The van der Waals surface area contributed by atoms with Crippen molar-refractivity contribution in [1.82, 2.24) is 10.2 Å². The number of piperidine rings is 1. The van der Waals surface area contributed by atoms with E-state index in [1.54, 1.807) is 17.0 Å². The number of nitrogens with zero attached hydrogens (tertiary/aromatic N) is 1. The highest BCUT2D eigenvalue weighted by atomic mass is 35.5. The fraction of sp³-hybridized carbons (Fsp3) is 0.667. The van der Waals surface area contributed by atoms with Crippen LogP contribution in [-0.4, -0.2) is 47.0 Å². The zero-order valence-corrected chi connectivity index (χ0v) is 19.8. The van der Waals surface area contributed by atoms with Crippen molar-refractivity contribution in [2.24, 2.45) is 23.0 Å². The number of carbonyl (C=O) groups is 2. The van der Waals surface area contributed by atoms with Crippen molar-refractivity contribution < 1.29 is 14.7 Å². The number of benzene rings is 1. The van der Waals surface area contributed by atoms with Gasteiger partial charge in [0.25, 0.3) is 0 Å². The Morgan fingerprint density at radius 1 is 1.23 bits per heavy atom. The summed E-state index contributed by atoms with van der Waals surface area (Å²) < 4.78 is 0. The molecule has 2 fully saturated rings. The molecule has 6 nitrogen and oxygen atoms in total. The van der Waals surface area contributed by atoms with Gasteiger partial charge in [-0.25, -0.2) is 0 Å². The molecule has 2 amide bonds. The Labute approximate surface area is 190 Å². The summed E-state index contributed by atoms with van der Waals surface area (Å²) in [6, 6.07) is 6.75. The number of amides is 2. The zero-order chi connectivity index (χ0) is 23.0.